The molecule has 0 unspecified atom stereocenters. The lowest BCUT2D eigenvalue weighted by Gasteiger charge is -2.42. The van der Waals surface area contributed by atoms with Gasteiger partial charge in [0.05, 0.1) is 13.2 Å². The summed E-state index contributed by atoms with van der Waals surface area (Å²) in [6.45, 7) is 10.7. The van der Waals surface area contributed by atoms with Gasteiger partial charge < -0.3 is 18.9 Å². The molecule has 2 heterocycles. The van der Waals surface area contributed by atoms with E-state index in [-0.39, 0.29) is 12.8 Å². The number of ether oxygens (including phenoxy) is 4. The van der Waals surface area contributed by atoms with Crippen molar-refractivity contribution in [1.82, 2.24) is 9.80 Å². The Kier molecular flexibility index (Phi) is 5.39. The molecule has 0 bridgehead atoms. The van der Waals surface area contributed by atoms with E-state index in [1.807, 2.05) is 0 Å². The van der Waals surface area contributed by atoms with Crippen LogP contribution in [0, 0.1) is 0 Å². The Bertz CT molecular complexity index is 748. The minimum Gasteiger partial charge on any atom is -0.443 e. The number of carbonyl (C=O) groups is 4. The monoisotopic (exact) mass is 426 g/mol. The maximum Gasteiger partial charge on any atom is 0.425 e. The summed E-state index contributed by atoms with van der Waals surface area (Å²) in [4.78, 5) is 53.3. The van der Waals surface area contributed by atoms with Crippen LogP contribution in [-0.4, -0.2) is 69.7 Å². The fourth-order valence-corrected chi connectivity index (χ4v) is 3.97. The van der Waals surface area contributed by atoms with Crippen LogP contribution in [0.1, 0.15) is 67.2 Å². The summed E-state index contributed by atoms with van der Waals surface area (Å²) in [6.07, 6.45) is -1.31. The second kappa shape index (κ2) is 7.19. The molecule has 1 aliphatic carbocycles. The number of hydrogen-bond donors (Lipinski definition) is 0. The van der Waals surface area contributed by atoms with E-state index in [2.05, 4.69) is 0 Å². The number of amides is 5. The SMILES string of the molecule is CC(C)(C)OC(=O)N1C(=O)N(C(=O)OC(C)(C)C)C2(CCC3(CC2)OCCO3)C1=O. The van der Waals surface area contributed by atoms with Crippen molar-refractivity contribution >= 4 is 24.1 Å². The van der Waals surface area contributed by atoms with E-state index in [0.717, 1.165) is 4.90 Å². The first-order valence-electron chi connectivity index (χ1n) is 10.1. The molecule has 0 aromatic carbocycles. The normalized spacial score (nSPS) is 23.4. The number of imide groups is 4. The summed E-state index contributed by atoms with van der Waals surface area (Å²) in [5.41, 5.74) is -3.36. The van der Waals surface area contributed by atoms with E-state index in [1.54, 1.807) is 41.5 Å². The quantitative estimate of drug-likeness (QED) is 0.543. The van der Waals surface area contributed by atoms with Crippen molar-refractivity contribution in [3.05, 3.63) is 0 Å². The largest absolute Gasteiger partial charge is 0.443 e. The van der Waals surface area contributed by atoms with Crippen molar-refractivity contribution in [2.45, 2.75) is 89.8 Å². The number of urea groups is 1. The third-order valence-corrected chi connectivity index (χ3v) is 5.22. The van der Waals surface area contributed by atoms with E-state index in [1.165, 1.54) is 0 Å². The van der Waals surface area contributed by atoms with Gasteiger partial charge in [0.2, 0.25) is 0 Å². The Morgan fingerprint density at radius 3 is 1.77 bits per heavy atom. The highest BCUT2D eigenvalue weighted by Crippen LogP contribution is 2.47. The molecule has 0 atom stereocenters. The van der Waals surface area contributed by atoms with Crippen LogP contribution in [-0.2, 0) is 23.7 Å². The highest BCUT2D eigenvalue weighted by Gasteiger charge is 2.66. The van der Waals surface area contributed by atoms with Gasteiger partial charge in [0.1, 0.15) is 16.7 Å². The minimum absolute atomic E-state index is 0.0934. The smallest absolute Gasteiger partial charge is 0.425 e. The molecule has 0 radical (unpaired) electrons. The lowest BCUT2D eigenvalue weighted by molar-refractivity contribution is -0.191. The number of hydrogen-bond acceptors (Lipinski definition) is 8. The van der Waals surface area contributed by atoms with Gasteiger partial charge in [0, 0.05) is 12.8 Å². The Morgan fingerprint density at radius 1 is 0.833 bits per heavy atom. The molecular formula is C20H30N2O8. The summed E-state index contributed by atoms with van der Waals surface area (Å²) in [7, 11) is 0. The first-order valence-corrected chi connectivity index (χ1v) is 10.1. The zero-order valence-corrected chi connectivity index (χ0v) is 18.4. The minimum atomic E-state index is -1.54. The molecule has 5 amide bonds. The molecule has 10 heteroatoms. The zero-order valence-electron chi connectivity index (χ0n) is 18.4. The molecule has 30 heavy (non-hydrogen) atoms. The van der Waals surface area contributed by atoms with Crippen LogP contribution in [0.4, 0.5) is 14.4 Å². The van der Waals surface area contributed by atoms with E-state index in [9.17, 15) is 19.2 Å². The van der Waals surface area contributed by atoms with E-state index in [4.69, 9.17) is 18.9 Å². The predicted octanol–water partition coefficient (Wildman–Crippen LogP) is 3.18. The maximum atomic E-state index is 13.4. The summed E-state index contributed by atoms with van der Waals surface area (Å²) in [5.74, 6) is -1.62. The van der Waals surface area contributed by atoms with Crippen LogP contribution >= 0.6 is 0 Å². The highest BCUT2D eigenvalue weighted by molar-refractivity contribution is 6.20. The fraction of sp³-hybridized carbons (Fsp3) is 0.800. The molecule has 0 aromatic heterocycles. The lowest BCUT2D eigenvalue weighted by Crippen LogP contribution is -2.57. The molecule has 1 saturated carbocycles. The molecule has 0 N–H and O–H groups in total. The molecule has 2 spiro atoms. The Morgan fingerprint density at radius 2 is 1.30 bits per heavy atom. The van der Waals surface area contributed by atoms with Gasteiger partial charge in [0.15, 0.2) is 5.79 Å². The van der Waals surface area contributed by atoms with E-state index in [0.29, 0.717) is 31.0 Å². The standard InChI is InChI=1S/C20H30N2O8/c1-17(2,3)29-15(25)21-13(23)19(7-9-20(10-8-19)27-11-12-28-20)22(14(21)24)16(26)30-18(4,5)6/h7-12H2,1-6H3. The molecule has 3 aliphatic rings. The first kappa shape index (κ1) is 22.5. The van der Waals surface area contributed by atoms with Crippen molar-refractivity contribution in [3.63, 3.8) is 0 Å². The van der Waals surface area contributed by atoms with Gasteiger partial charge in [-0.1, -0.05) is 0 Å². The van der Waals surface area contributed by atoms with Gasteiger partial charge in [-0.25, -0.2) is 19.3 Å². The van der Waals surface area contributed by atoms with Gasteiger partial charge in [-0.2, -0.15) is 4.90 Å². The summed E-state index contributed by atoms with van der Waals surface area (Å²) >= 11 is 0. The van der Waals surface area contributed by atoms with Crippen molar-refractivity contribution in [1.29, 1.82) is 0 Å². The predicted molar refractivity (Wildman–Crippen MR) is 102 cm³/mol. The summed E-state index contributed by atoms with van der Waals surface area (Å²) in [6, 6.07) is -1.06. The van der Waals surface area contributed by atoms with Crippen molar-refractivity contribution in [2.24, 2.45) is 0 Å². The van der Waals surface area contributed by atoms with Gasteiger partial charge in [0.25, 0.3) is 5.91 Å². The molecule has 168 valence electrons. The average Bonchev–Trinajstić information content (AvgIpc) is 3.09. The Hall–Kier alpha value is -2.20. The van der Waals surface area contributed by atoms with Crippen molar-refractivity contribution in [3.8, 4) is 0 Å². The van der Waals surface area contributed by atoms with Gasteiger partial charge in [-0.3, -0.25) is 4.79 Å². The summed E-state index contributed by atoms with van der Waals surface area (Å²) in [5, 5.41) is 0. The Balaban J connectivity index is 1.94. The lowest BCUT2D eigenvalue weighted by atomic mass is 9.77. The molecule has 3 rings (SSSR count). The Labute approximate surface area is 175 Å². The van der Waals surface area contributed by atoms with Crippen LogP contribution in [0.25, 0.3) is 0 Å². The molecule has 3 fully saturated rings. The molecular weight excluding hydrogens is 396 g/mol. The van der Waals surface area contributed by atoms with Crippen LogP contribution in [0.3, 0.4) is 0 Å². The molecule has 2 aliphatic heterocycles. The number of nitrogens with zero attached hydrogens (tertiary/aromatic N) is 2. The van der Waals surface area contributed by atoms with Crippen LogP contribution in [0.15, 0.2) is 0 Å². The fourth-order valence-electron chi connectivity index (χ4n) is 3.97. The van der Waals surface area contributed by atoms with Gasteiger partial charge >= 0.3 is 18.2 Å². The topological polar surface area (TPSA) is 112 Å². The van der Waals surface area contributed by atoms with E-state index < -0.39 is 46.7 Å². The number of carbonyl (C=O) groups excluding carboxylic acids is 4. The first-order chi connectivity index (χ1) is 13.7. The summed E-state index contributed by atoms with van der Waals surface area (Å²) < 4.78 is 22.0. The highest BCUT2D eigenvalue weighted by atomic mass is 16.7. The van der Waals surface area contributed by atoms with Crippen molar-refractivity contribution < 1.29 is 38.1 Å². The van der Waals surface area contributed by atoms with Gasteiger partial charge in [-0.15, -0.1) is 0 Å². The van der Waals surface area contributed by atoms with Crippen LogP contribution in [0.5, 0.6) is 0 Å². The molecule has 0 aromatic rings. The van der Waals surface area contributed by atoms with Crippen LogP contribution in [0.2, 0.25) is 0 Å². The average molecular weight is 426 g/mol. The maximum absolute atomic E-state index is 13.4. The van der Waals surface area contributed by atoms with Crippen LogP contribution < -0.4 is 0 Å². The van der Waals surface area contributed by atoms with Crippen molar-refractivity contribution in [2.75, 3.05) is 13.2 Å². The number of rotatable bonds is 0. The third-order valence-electron chi connectivity index (χ3n) is 5.22. The zero-order chi connectivity index (χ0) is 22.5. The van der Waals surface area contributed by atoms with E-state index >= 15 is 0 Å². The molecule has 10 nitrogen and oxygen atoms in total. The second-order valence-corrected chi connectivity index (χ2v) is 9.86. The third kappa shape index (κ3) is 4.02. The van der Waals surface area contributed by atoms with Gasteiger partial charge in [-0.05, 0) is 54.4 Å². The second-order valence-electron chi connectivity index (χ2n) is 9.86. The molecule has 2 saturated heterocycles.